The van der Waals surface area contributed by atoms with Crippen LogP contribution < -0.4 is 5.32 Å². The fourth-order valence-electron chi connectivity index (χ4n) is 3.04. The summed E-state index contributed by atoms with van der Waals surface area (Å²) in [5.41, 5.74) is 1.02. The highest BCUT2D eigenvalue weighted by Crippen LogP contribution is 2.32. The van der Waals surface area contributed by atoms with Gasteiger partial charge in [-0.05, 0) is 37.7 Å². The molecular weight excluding hydrogens is 252 g/mol. The molecule has 2 amide bonds. The van der Waals surface area contributed by atoms with Gasteiger partial charge in [0.25, 0.3) is 0 Å². The maximum Gasteiger partial charge on any atom is 0.317 e. The molecule has 0 spiro atoms. The molecule has 0 unspecified atom stereocenters. The molecule has 20 heavy (non-hydrogen) atoms. The van der Waals surface area contributed by atoms with Crippen LogP contribution in [-0.2, 0) is 6.54 Å². The van der Waals surface area contributed by atoms with Crippen molar-refractivity contribution in [1.82, 2.24) is 10.2 Å². The predicted octanol–water partition coefficient (Wildman–Crippen LogP) is 3.53. The third kappa shape index (κ3) is 3.56. The first kappa shape index (κ1) is 13.5. The van der Waals surface area contributed by atoms with Crippen molar-refractivity contribution in [3.8, 4) is 0 Å². The Labute approximate surface area is 120 Å². The Morgan fingerprint density at radius 1 is 1.25 bits per heavy atom. The van der Waals surface area contributed by atoms with Crippen molar-refractivity contribution in [2.45, 2.75) is 57.5 Å². The van der Waals surface area contributed by atoms with Crippen LogP contribution in [0.3, 0.4) is 0 Å². The Kier molecular flexibility index (Phi) is 4.28. The predicted molar refractivity (Wildman–Crippen MR) is 77.2 cm³/mol. The highest BCUT2D eigenvalue weighted by Gasteiger charge is 2.31. The summed E-state index contributed by atoms with van der Waals surface area (Å²) in [5.74, 6) is 0.747. The molecule has 0 aromatic carbocycles. The Balaban J connectivity index is 1.56. The van der Waals surface area contributed by atoms with E-state index in [-0.39, 0.29) is 6.03 Å². The Bertz CT molecular complexity index is 420. The van der Waals surface area contributed by atoms with Crippen LogP contribution in [0.5, 0.6) is 0 Å². The van der Waals surface area contributed by atoms with E-state index in [4.69, 9.17) is 4.42 Å². The molecule has 2 aliphatic carbocycles. The van der Waals surface area contributed by atoms with Gasteiger partial charge in [0.2, 0.25) is 0 Å². The number of nitrogens with one attached hydrogen (secondary N) is 1. The second-order valence-corrected chi connectivity index (χ2v) is 6.18. The van der Waals surface area contributed by atoms with E-state index in [1.54, 1.807) is 12.5 Å². The van der Waals surface area contributed by atoms with Crippen LogP contribution in [0.25, 0.3) is 0 Å². The zero-order valence-corrected chi connectivity index (χ0v) is 12.0. The zero-order chi connectivity index (χ0) is 13.8. The van der Waals surface area contributed by atoms with Crippen LogP contribution in [0.2, 0.25) is 0 Å². The van der Waals surface area contributed by atoms with Crippen molar-refractivity contribution in [3.63, 3.8) is 0 Å². The summed E-state index contributed by atoms with van der Waals surface area (Å²) in [5, 5.41) is 3.04. The number of carbonyl (C=O) groups is 1. The average Bonchev–Trinajstić information content (AvgIpc) is 3.16. The highest BCUT2D eigenvalue weighted by molar-refractivity contribution is 5.74. The van der Waals surface area contributed by atoms with Gasteiger partial charge in [-0.2, -0.15) is 0 Å². The van der Waals surface area contributed by atoms with Crippen molar-refractivity contribution in [1.29, 1.82) is 0 Å². The maximum absolute atomic E-state index is 12.5. The van der Waals surface area contributed by atoms with Gasteiger partial charge in [0.05, 0.1) is 12.5 Å². The Morgan fingerprint density at radius 3 is 2.70 bits per heavy atom. The van der Waals surface area contributed by atoms with Crippen LogP contribution in [0.1, 0.15) is 50.5 Å². The van der Waals surface area contributed by atoms with Crippen LogP contribution in [0, 0.1) is 5.92 Å². The molecule has 0 bridgehead atoms. The average molecular weight is 276 g/mol. The number of rotatable bonds is 5. The number of urea groups is 1. The number of carbonyl (C=O) groups excluding carboxylic acids is 1. The fraction of sp³-hybridized carbons (Fsp3) is 0.688. The molecule has 4 nitrogen and oxygen atoms in total. The maximum atomic E-state index is 12.5. The van der Waals surface area contributed by atoms with E-state index >= 15 is 0 Å². The quantitative estimate of drug-likeness (QED) is 0.894. The molecule has 0 radical (unpaired) electrons. The lowest BCUT2D eigenvalue weighted by Gasteiger charge is -2.34. The van der Waals surface area contributed by atoms with Gasteiger partial charge in [-0.25, -0.2) is 4.79 Å². The van der Waals surface area contributed by atoms with E-state index in [9.17, 15) is 4.79 Å². The zero-order valence-electron chi connectivity index (χ0n) is 12.0. The number of amides is 2. The van der Waals surface area contributed by atoms with Gasteiger partial charge in [0, 0.05) is 24.7 Å². The molecular formula is C16H24N2O2. The van der Waals surface area contributed by atoms with E-state index in [1.165, 1.54) is 44.9 Å². The molecule has 1 aromatic rings. The number of furan rings is 1. The van der Waals surface area contributed by atoms with Gasteiger partial charge in [0.1, 0.15) is 0 Å². The van der Waals surface area contributed by atoms with Gasteiger partial charge in [-0.15, -0.1) is 0 Å². The summed E-state index contributed by atoms with van der Waals surface area (Å²) in [4.78, 5) is 14.6. The summed E-state index contributed by atoms with van der Waals surface area (Å²) < 4.78 is 5.03. The molecule has 2 fully saturated rings. The minimum atomic E-state index is 0.102. The molecule has 1 N–H and O–H groups in total. The van der Waals surface area contributed by atoms with Gasteiger partial charge in [-0.3, -0.25) is 0 Å². The first-order valence-corrected chi connectivity index (χ1v) is 7.88. The fourth-order valence-corrected chi connectivity index (χ4v) is 3.04. The topological polar surface area (TPSA) is 45.5 Å². The number of nitrogens with zero attached hydrogens (tertiary/aromatic N) is 1. The smallest absolute Gasteiger partial charge is 0.317 e. The third-order valence-corrected chi connectivity index (χ3v) is 4.45. The summed E-state index contributed by atoms with van der Waals surface area (Å²) in [7, 11) is 0. The largest absolute Gasteiger partial charge is 0.472 e. The van der Waals surface area contributed by atoms with Gasteiger partial charge < -0.3 is 14.6 Å². The van der Waals surface area contributed by atoms with Crippen LogP contribution >= 0.6 is 0 Å². The molecule has 110 valence electrons. The van der Waals surface area contributed by atoms with E-state index in [0.29, 0.717) is 12.6 Å². The van der Waals surface area contributed by atoms with Gasteiger partial charge in [-0.1, -0.05) is 19.3 Å². The van der Waals surface area contributed by atoms with E-state index < -0.39 is 0 Å². The van der Waals surface area contributed by atoms with Crippen molar-refractivity contribution in [2.24, 2.45) is 5.92 Å². The lowest BCUT2D eigenvalue weighted by molar-refractivity contribution is 0.151. The summed E-state index contributed by atoms with van der Waals surface area (Å²) in [6.45, 7) is 1.51. The van der Waals surface area contributed by atoms with Crippen molar-refractivity contribution in [2.75, 3.05) is 6.54 Å². The molecule has 1 aromatic heterocycles. The van der Waals surface area contributed by atoms with Gasteiger partial charge in [0.15, 0.2) is 0 Å². The first-order valence-electron chi connectivity index (χ1n) is 7.88. The molecule has 0 aliphatic heterocycles. The lowest BCUT2D eigenvalue weighted by Crippen LogP contribution is -2.47. The SMILES string of the molecule is O=C(NCc1ccoc1)N(CC1CC1)C1CCCCC1. The van der Waals surface area contributed by atoms with E-state index in [0.717, 1.165) is 18.0 Å². The van der Waals surface area contributed by atoms with Crippen molar-refractivity contribution >= 4 is 6.03 Å². The van der Waals surface area contributed by atoms with Crippen molar-refractivity contribution < 1.29 is 9.21 Å². The number of hydrogen-bond acceptors (Lipinski definition) is 2. The molecule has 1 heterocycles. The third-order valence-electron chi connectivity index (χ3n) is 4.45. The minimum Gasteiger partial charge on any atom is -0.472 e. The molecule has 2 aliphatic rings. The van der Waals surface area contributed by atoms with Crippen molar-refractivity contribution in [3.05, 3.63) is 24.2 Å². The first-order chi connectivity index (χ1) is 9.83. The standard InChI is InChI=1S/C16H24N2O2/c19-16(17-10-14-8-9-20-12-14)18(11-13-6-7-13)15-4-2-1-3-5-15/h8-9,12-13,15H,1-7,10-11H2,(H,17,19). The monoisotopic (exact) mass is 276 g/mol. The Hall–Kier alpha value is -1.45. The Morgan fingerprint density at radius 2 is 2.05 bits per heavy atom. The second-order valence-electron chi connectivity index (χ2n) is 6.18. The summed E-state index contributed by atoms with van der Waals surface area (Å²) >= 11 is 0. The van der Waals surface area contributed by atoms with Crippen LogP contribution in [0.15, 0.2) is 23.0 Å². The second kappa shape index (κ2) is 6.33. The highest BCUT2D eigenvalue weighted by atomic mass is 16.3. The van der Waals surface area contributed by atoms with E-state index in [2.05, 4.69) is 10.2 Å². The lowest BCUT2D eigenvalue weighted by atomic mass is 9.94. The molecule has 0 saturated heterocycles. The minimum absolute atomic E-state index is 0.102. The normalized spacial score (nSPS) is 19.8. The van der Waals surface area contributed by atoms with Crippen LogP contribution in [-0.4, -0.2) is 23.5 Å². The molecule has 4 heteroatoms. The molecule has 0 atom stereocenters. The molecule has 2 saturated carbocycles. The van der Waals surface area contributed by atoms with Gasteiger partial charge >= 0.3 is 6.03 Å². The number of hydrogen-bond donors (Lipinski definition) is 1. The molecule has 3 rings (SSSR count). The summed E-state index contributed by atoms with van der Waals surface area (Å²) in [6, 6.07) is 2.45. The van der Waals surface area contributed by atoms with E-state index in [1.807, 2.05) is 6.07 Å². The van der Waals surface area contributed by atoms with Crippen LogP contribution in [0.4, 0.5) is 4.79 Å². The summed E-state index contributed by atoms with van der Waals surface area (Å²) in [6.07, 6.45) is 12.1.